The number of rotatable bonds is 5. The minimum atomic E-state index is 0. The third-order valence-corrected chi connectivity index (χ3v) is 6.16. The average Bonchev–Trinajstić information content (AvgIpc) is 3.37. The van der Waals surface area contributed by atoms with E-state index >= 15 is 0 Å². The molecule has 2 fully saturated rings. The summed E-state index contributed by atoms with van der Waals surface area (Å²) in [5, 5.41) is 4.67. The van der Waals surface area contributed by atoms with Gasteiger partial charge in [-0.2, -0.15) is 0 Å². The van der Waals surface area contributed by atoms with Gasteiger partial charge in [-0.05, 0) is 56.5 Å². The van der Waals surface area contributed by atoms with Crippen molar-refractivity contribution in [1.29, 1.82) is 0 Å². The lowest BCUT2D eigenvalue weighted by Gasteiger charge is -2.33. The molecule has 24 heavy (non-hydrogen) atoms. The van der Waals surface area contributed by atoms with Crippen molar-refractivity contribution in [3.05, 3.63) is 27.7 Å². The molecular weight excluding hydrogens is 387 g/mol. The van der Waals surface area contributed by atoms with E-state index in [-0.39, 0.29) is 18.3 Å². The Bertz CT molecular complexity index is 587. The summed E-state index contributed by atoms with van der Waals surface area (Å²) in [5.74, 6) is 0.912. The first-order chi connectivity index (χ1) is 11.1. The van der Waals surface area contributed by atoms with Gasteiger partial charge in [0.25, 0.3) is 5.91 Å². The third-order valence-electron chi connectivity index (χ3n) is 4.65. The number of carbonyl (C=O) groups excluding carboxylic acids is 1. The van der Waals surface area contributed by atoms with E-state index in [2.05, 4.69) is 5.32 Å². The lowest BCUT2D eigenvalue weighted by molar-refractivity contribution is 0.0705. The van der Waals surface area contributed by atoms with Crippen LogP contribution >= 0.6 is 47.4 Å². The maximum absolute atomic E-state index is 12.8. The third kappa shape index (κ3) is 4.95. The fourth-order valence-electron chi connectivity index (χ4n) is 2.96. The van der Waals surface area contributed by atoms with Gasteiger partial charge < -0.3 is 10.2 Å². The zero-order valence-corrected chi connectivity index (χ0v) is 16.8. The van der Waals surface area contributed by atoms with E-state index in [1.54, 1.807) is 6.07 Å². The average molecular weight is 410 g/mol. The van der Waals surface area contributed by atoms with Crippen LogP contribution in [0.5, 0.6) is 0 Å². The van der Waals surface area contributed by atoms with Crippen LogP contribution in [0.2, 0.25) is 10.0 Å². The Morgan fingerprint density at radius 3 is 2.46 bits per heavy atom. The number of hydrogen-bond donors (Lipinski definition) is 1. The maximum atomic E-state index is 12.8. The predicted molar refractivity (Wildman–Crippen MR) is 105 cm³/mol. The second-order valence-corrected chi connectivity index (χ2v) is 8.05. The largest absolute Gasteiger partial charge is 0.338 e. The molecule has 1 aromatic carbocycles. The van der Waals surface area contributed by atoms with Crippen LogP contribution < -0.4 is 5.32 Å². The minimum absolute atomic E-state index is 0. The number of benzene rings is 1. The van der Waals surface area contributed by atoms with Gasteiger partial charge in [0.05, 0.1) is 15.6 Å². The number of hydrogen-bond acceptors (Lipinski definition) is 3. The first kappa shape index (κ1) is 20.2. The van der Waals surface area contributed by atoms with Crippen LogP contribution in [0.15, 0.2) is 17.0 Å². The van der Waals surface area contributed by atoms with Gasteiger partial charge in [-0.3, -0.25) is 4.79 Å². The molecule has 1 heterocycles. The highest BCUT2D eigenvalue weighted by Gasteiger charge is 2.27. The molecule has 134 valence electrons. The summed E-state index contributed by atoms with van der Waals surface area (Å²) in [6.07, 6.45) is 6.72. The number of nitrogens with one attached hydrogen (secondary N) is 1. The Kier molecular flexibility index (Phi) is 7.57. The van der Waals surface area contributed by atoms with Crippen molar-refractivity contribution in [2.24, 2.45) is 5.92 Å². The number of halogens is 3. The minimum Gasteiger partial charge on any atom is -0.338 e. The van der Waals surface area contributed by atoms with Gasteiger partial charge in [0, 0.05) is 24.0 Å². The molecule has 3 nitrogen and oxygen atoms in total. The van der Waals surface area contributed by atoms with E-state index in [4.69, 9.17) is 23.2 Å². The smallest absolute Gasteiger partial charge is 0.255 e. The first-order valence-corrected chi connectivity index (χ1v) is 10.1. The summed E-state index contributed by atoms with van der Waals surface area (Å²) in [6.45, 7) is 2.71. The molecule has 0 aromatic heterocycles. The Morgan fingerprint density at radius 1 is 1.21 bits per heavy atom. The quantitative estimate of drug-likeness (QED) is 0.713. The summed E-state index contributed by atoms with van der Waals surface area (Å²) in [6, 6.07) is 4.03. The number of amides is 1. The molecule has 7 heteroatoms. The monoisotopic (exact) mass is 408 g/mol. The van der Waals surface area contributed by atoms with Gasteiger partial charge in [-0.25, -0.2) is 0 Å². The van der Waals surface area contributed by atoms with Gasteiger partial charge in [0.2, 0.25) is 0 Å². The van der Waals surface area contributed by atoms with Crippen molar-refractivity contribution in [3.63, 3.8) is 0 Å². The number of likely N-dealkylation sites (tertiary alicyclic amines) is 1. The van der Waals surface area contributed by atoms with Crippen LogP contribution in [-0.4, -0.2) is 42.7 Å². The summed E-state index contributed by atoms with van der Waals surface area (Å²) >= 11 is 13.9. The molecule has 1 saturated carbocycles. The lowest BCUT2D eigenvalue weighted by Crippen LogP contribution is -2.45. The molecule has 0 bridgehead atoms. The second-order valence-electron chi connectivity index (χ2n) is 6.38. The van der Waals surface area contributed by atoms with Crippen molar-refractivity contribution in [1.82, 2.24) is 10.2 Å². The zero-order valence-electron chi connectivity index (χ0n) is 13.7. The topological polar surface area (TPSA) is 32.3 Å². The van der Waals surface area contributed by atoms with Gasteiger partial charge in [-0.15, -0.1) is 24.2 Å². The highest BCUT2D eigenvalue weighted by atomic mass is 35.5. The van der Waals surface area contributed by atoms with E-state index in [0.717, 1.165) is 43.3 Å². The van der Waals surface area contributed by atoms with Gasteiger partial charge in [0.15, 0.2) is 0 Å². The van der Waals surface area contributed by atoms with Gasteiger partial charge >= 0.3 is 0 Å². The normalized spacial score (nSPS) is 18.4. The molecule has 1 aliphatic heterocycles. The number of thioether (sulfide) groups is 1. The van der Waals surface area contributed by atoms with E-state index in [9.17, 15) is 4.79 Å². The molecule has 1 aliphatic carbocycles. The highest BCUT2D eigenvalue weighted by Crippen LogP contribution is 2.32. The molecule has 0 spiro atoms. The van der Waals surface area contributed by atoms with Crippen LogP contribution in [0, 0.1) is 5.92 Å². The van der Waals surface area contributed by atoms with Crippen molar-refractivity contribution in [2.75, 3.05) is 25.9 Å². The number of nitrogens with zero attached hydrogens (tertiary/aromatic N) is 1. The Labute approximate surface area is 164 Å². The van der Waals surface area contributed by atoms with E-state index in [0.29, 0.717) is 21.7 Å². The fraction of sp³-hybridized carbons (Fsp3) is 0.588. The molecule has 0 unspecified atom stereocenters. The van der Waals surface area contributed by atoms with Gasteiger partial charge in [0.1, 0.15) is 0 Å². The summed E-state index contributed by atoms with van der Waals surface area (Å²) in [4.78, 5) is 15.6. The van der Waals surface area contributed by atoms with Crippen LogP contribution in [0.4, 0.5) is 0 Å². The van der Waals surface area contributed by atoms with Crippen molar-refractivity contribution < 1.29 is 4.79 Å². The molecule has 3 rings (SSSR count). The molecule has 1 N–H and O–H groups in total. The lowest BCUT2D eigenvalue weighted by atomic mass is 10.0. The Morgan fingerprint density at radius 2 is 1.88 bits per heavy atom. The molecule has 1 saturated heterocycles. The van der Waals surface area contributed by atoms with E-state index < -0.39 is 0 Å². The summed E-state index contributed by atoms with van der Waals surface area (Å²) in [5.41, 5.74) is 0.560. The number of piperidine rings is 1. The highest BCUT2D eigenvalue weighted by molar-refractivity contribution is 7.98. The van der Waals surface area contributed by atoms with Crippen molar-refractivity contribution >= 4 is 53.3 Å². The van der Waals surface area contributed by atoms with E-state index in [1.807, 2.05) is 17.2 Å². The standard InChI is InChI=1S/C17H22Cl2N2OS.ClH/c1-23-16-8-13(14(18)9-15(16)19)17(22)21-6-4-12(5-7-21)20-10-11-2-3-11;/h8-9,11-12,20H,2-7,10H2,1H3;1H. The Balaban J connectivity index is 0.00000208. The van der Waals surface area contributed by atoms with Crippen LogP contribution in [0.1, 0.15) is 36.0 Å². The summed E-state index contributed by atoms with van der Waals surface area (Å²) < 4.78 is 0. The first-order valence-electron chi connectivity index (χ1n) is 8.14. The van der Waals surface area contributed by atoms with Crippen LogP contribution in [0.25, 0.3) is 0 Å². The molecular formula is C17H23Cl3N2OS. The summed E-state index contributed by atoms with van der Waals surface area (Å²) in [7, 11) is 0. The fourth-order valence-corrected chi connectivity index (χ4v) is 4.15. The Hall–Kier alpha value is -0.130. The molecule has 0 radical (unpaired) electrons. The van der Waals surface area contributed by atoms with E-state index in [1.165, 1.54) is 24.6 Å². The molecule has 1 amide bonds. The second kappa shape index (κ2) is 9.00. The number of carbonyl (C=O) groups is 1. The van der Waals surface area contributed by atoms with Crippen LogP contribution in [0.3, 0.4) is 0 Å². The van der Waals surface area contributed by atoms with Crippen LogP contribution in [-0.2, 0) is 0 Å². The molecule has 2 aliphatic rings. The van der Waals surface area contributed by atoms with Crippen molar-refractivity contribution in [3.8, 4) is 0 Å². The molecule has 0 atom stereocenters. The van der Waals surface area contributed by atoms with Gasteiger partial charge in [-0.1, -0.05) is 23.2 Å². The maximum Gasteiger partial charge on any atom is 0.255 e. The van der Waals surface area contributed by atoms with Crippen molar-refractivity contribution in [2.45, 2.75) is 36.6 Å². The SMILES string of the molecule is CSc1cc(C(=O)N2CCC(NCC3CC3)CC2)c(Cl)cc1Cl.Cl. The zero-order chi connectivity index (χ0) is 16.4. The molecule has 1 aromatic rings. The predicted octanol–water partition coefficient (Wildman–Crippen LogP) is 4.74.